The van der Waals surface area contributed by atoms with E-state index in [1.165, 1.54) is 17.5 Å². The molecule has 0 saturated heterocycles. The van der Waals surface area contributed by atoms with Crippen LogP contribution in [0.25, 0.3) is 0 Å². The Morgan fingerprint density at radius 1 is 0.964 bits per heavy atom. The van der Waals surface area contributed by atoms with Gasteiger partial charge in [-0.1, -0.05) is 37.3 Å². The van der Waals surface area contributed by atoms with Gasteiger partial charge >= 0.3 is 0 Å². The highest BCUT2D eigenvalue weighted by Gasteiger charge is 2.46. The number of benzene rings is 2. The van der Waals surface area contributed by atoms with Gasteiger partial charge in [-0.15, -0.1) is 0 Å². The van der Waals surface area contributed by atoms with Gasteiger partial charge in [-0.05, 0) is 68.5 Å². The molecule has 4 heteroatoms. The Bertz CT molecular complexity index is 765. The maximum Gasteiger partial charge on any atom is 0.203 e. The van der Waals surface area contributed by atoms with Gasteiger partial charge in [0, 0.05) is 5.54 Å². The van der Waals surface area contributed by atoms with Gasteiger partial charge in [0.2, 0.25) is 5.75 Å². The van der Waals surface area contributed by atoms with E-state index in [0.717, 1.165) is 24.3 Å². The van der Waals surface area contributed by atoms with E-state index in [2.05, 4.69) is 68.4 Å². The number of nitrogens with zero attached hydrogens (tertiary/aromatic N) is 1. The first kappa shape index (κ1) is 20.5. The van der Waals surface area contributed by atoms with Crippen molar-refractivity contribution in [2.75, 3.05) is 35.4 Å². The maximum absolute atomic E-state index is 5.55. The van der Waals surface area contributed by atoms with Crippen LogP contribution in [-0.2, 0) is 5.54 Å². The molecule has 0 amide bonds. The summed E-state index contributed by atoms with van der Waals surface area (Å²) in [5, 5.41) is 0. The van der Waals surface area contributed by atoms with Crippen molar-refractivity contribution in [1.29, 1.82) is 0 Å². The summed E-state index contributed by atoms with van der Waals surface area (Å²) in [6.07, 6.45) is 3.42. The van der Waals surface area contributed by atoms with Crippen LogP contribution in [-0.4, -0.2) is 40.3 Å². The van der Waals surface area contributed by atoms with Crippen LogP contribution < -0.4 is 14.2 Å². The lowest BCUT2D eigenvalue weighted by Crippen LogP contribution is -2.41. The molecule has 0 N–H and O–H groups in total. The predicted octanol–water partition coefficient (Wildman–Crippen LogP) is 5.07. The zero-order valence-corrected chi connectivity index (χ0v) is 18.0. The van der Waals surface area contributed by atoms with Crippen molar-refractivity contribution in [3.63, 3.8) is 0 Å². The van der Waals surface area contributed by atoms with Crippen molar-refractivity contribution < 1.29 is 14.2 Å². The third-order valence-corrected chi connectivity index (χ3v) is 6.39. The standard InChI is InChI=1S/C24H33NO3/c1-7-24(25(2)3,19-11-9-8-10-12-19)16-18-13-20(18)17-14-21(26-4)23(28-6)22(15-17)27-5/h8-12,14-15,18,20H,7,13,16H2,1-6H3. The largest absolute Gasteiger partial charge is 0.493 e. The first-order chi connectivity index (χ1) is 13.5. The van der Waals surface area contributed by atoms with Crippen LogP contribution >= 0.6 is 0 Å². The molecule has 0 aliphatic heterocycles. The van der Waals surface area contributed by atoms with E-state index in [9.17, 15) is 0 Å². The lowest BCUT2D eigenvalue weighted by Gasteiger charge is -2.40. The highest BCUT2D eigenvalue weighted by molar-refractivity contribution is 5.55. The normalized spacial score (nSPS) is 20.5. The Labute approximate surface area is 169 Å². The fraction of sp³-hybridized carbons (Fsp3) is 0.500. The molecule has 2 aromatic carbocycles. The first-order valence-corrected chi connectivity index (χ1v) is 10.0. The van der Waals surface area contributed by atoms with Gasteiger partial charge < -0.3 is 14.2 Å². The number of hydrogen-bond acceptors (Lipinski definition) is 4. The molecule has 1 aliphatic rings. The third kappa shape index (κ3) is 3.70. The fourth-order valence-corrected chi connectivity index (χ4v) is 4.60. The number of ether oxygens (including phenoxy) is 3. The van der Waals surface area contributed by atoms with Crippen LogP contribution in [0.1, 0.15) is 43.2 Å². The molecule has 0 spiro atoms. The molecule has 3 rings (SSSR count). The molecule has 0 heterocycles. The van der Waals surface area contributed by atoms with Crippen LogP contribution in [0.4, 0.5) is 0 Å². The van der Waals surface area contributed by atoms with Crippen molar-refractivity contribution in [2.24, 2.45) is 5.92 Å². The van der Waals surface area contributed by atoms with Gasteiger partial charge in [-0.2, -0.15) is 0 Å². The predicted molar refractivity (Wildman–Crippen MR) is 114 cm³/mol. The molecule has 3 unspecified atom stereocenters. The Balaban J connectivity index is 1.86. The molecule has 1 aliphatic carbocycles. The molecular weight excluding hydrogens is 350 g/mol. The molecule has 0 radical (unpaired) electrons. The molecular formula is C24H33NO3. The Morgan fingerprint density at radius 3 is 2.04 bits per heavy atom. The highest BCUT2D eigenvalue weighted by Crippen LogP contribution is 2.56. The minimum absolute atomic E-state index is 0.0569. The molecule has 152 valence electrons. The van der Waals surface area contributed by atoms with Crippen LogP contribution in [0, 0.1) is 5.92 Å². The molecule has 1 saturated carbocycles. The summed E-state index contributed by atoms with van der Waals surface area (Å²) >= 11 is 0. The second-order valence-corrected chi connectivity index (χ2v) is 7.91. The van der Waals surface area contributed by atoms with E-state index in [-0.39, 0.29) is 5.54 Å². The minimum Gasteiger partial charge on any atom is -0.493 e. The van der Waals surface area contributed by atoms with Crippen LogP contribution in [0.3, 0.4) is 0 Å². The Kier molecular flexibility index (Phi) is 6.19. The lowest BCUT2D eigenvalue weighted by molar-refractivity contribution is 0.123. The summed E-state index contributed by atoms with van der Waals surface area (Å²) in [6, 6.07) is 15.1. The van der Waals surface area contributed by atoms with Crippen molar-refractivity contribution in [3.8, 4) is 17.2 Å². The van der Waals surface area contributed by atoms with Crippen LogP contribution in [0.2, 0.25) is 0 Å². The summed E-state index contributed by atoms with van der Waals surface area (Å²) in [4.78, 5) is 2.40. The molecule has 0 aromatic heterocycles. The van der Waals surface area contributed by atoms with Gasteiger partial charge in [0.05, 0.1) is 21.3 Å². The first-order valence-electron chi connectivity index (χ1n) is 10.0. The van der Waals surface area contributed by atoms with Crippen molar-refractivity contribution in [3.05, 3.63) is 53.6 Å². The third-order valence-electron chi connectivity index (χ3n) is 6.39. The molecule has 28 heavy (non-hydrogen) atoms. The van der Waals surface area contributed by atoms with Crippen molar-refractivity contribution >= 4 is 0 Å². The van der Waals surface area contributed by atoms with Gasteiger partial charge in [0.25, 0.3) is 0 Å². The average molecular weight is 384 g/mol. The Hall–Kier alpha value is -2.20. The van der Waals surface area contributed by atoms with E-state index in [4.69, 9.17) is 14.2 Å². The second kappa shape index (κ2) is 8.44. The highest BCUT2D eigenvalue weighted by atomic mass is 16.5. The van der Waals surface area contributed by atoms with Crippen LogP contribution in [0.15, 0.2) is 42.5 Å². The van der Waals surface area contributed by atoms with Crippen LogP contribution in [0.5, 0.6) is 17.2 Å². The lowest BCUT2D eigenvalue weighted by atomic mass is 9.80. The summed E-state index contributed by atoms with van der Waals surface area (Å²) in [5.41, 5.74) is 2.73. The quantitative estimate of drug-likeness (QED) is 0.605. The molecule has 3 atom stereocenters. The average Bonchev–Trinajstić information content (AvgIpc) is 3.50. The SMILES string of the molecule is CCC(CC1CC1c1cc(OC)c(OC)c(OC)c1)(c1ccccc1)N(C)C. The smallest absolute Gasteiger partial charge is 0.203 e. The summed E-state index contributed by atoms with van der Waals surface area (Å²) in [5.74, 6) is 3.31. The molecule has 0 bridgehead atoms. The van der Waals surface area contributed by atoms with E-state index < -0.39 is 0 Å². The summed E-state index contributed by atoms with van der Waals surface area (Å²) in [6.45, 7) is 2.30. The zero-order valence-electron chi connectivity index (χ0n) is 18.0. The minimum atomic E-state index is 0.0569. The van der Waals surface area contributed by atoms with Gasteiger partial charge in [0.15, 0.2) is 11.5 Å². The van der Waals surface area contributed by atoms with E-state index in [0.29, 0.717) is 17.6 Å². The van der Waals surface area contributed by atoms with E-state index in [1.54, 1.807) is 21.3 Å². The van der Waals surface area contributed by atoms with Gasteiger partial charge in [-0.25, -0.2) is 0 Å². The van der Waals surface area contributed by atoms with E-state index >= 15 is 0 Å². The Morgan fingerprint density at radius 2 is 1.57 bits per heavy atom. The molecule has 1 fully saturated rings. The fourth-order valence-electron chi connectivity index (χ4n) is 4.60. The monoisotopic (exact) mass is 383 g/mol. The second-order valence-electron chi connectivity index (χ2n) is 7.91. The molecule has 4 nitrogen and oxygen atoms in total. The zero-order chi connectivity index (χ0) is 20.3. The maximum atomic E-state index is 5.55. The summed E-state index contributed by atoms with van der Waals surface area (Å²) in [7, 11) is 9.40. The number of hydrogen-bond donors (Lipinski definition) is 0. The topological polar surface area (TPSA) is 30.9 Å². The van der Waals surface area contributed by atoms with Crippen molar-refractivity contribution in [2.45, 2.75) is 37.6 Å². The number of methoxy groups -OCH3 is 3. The summed E-state index contributed by atoms with van der Waals surface area (Å²) < 4.78 is 16.6. The van der Waals surface area contributed by atoms with Gasteiger partial charge in [0.1, 0.15) is 0 Å². The van der Waals surface area contributed by atoms with Crippen molar-refractivity contribution in [1.82, 2.24) is 4.90 Å². The van der Waals surface area contributed by atoms with E-state index in [1.807, 2.05) is 0 Å². The molecule has 2 aromatic rings. The van der Waals surface area contributed by atoms with Gasteiger partial charge in [-0.3, -0.25) is 4.90 Å². The number of rotatable bonds is 9.